The summed E-state index contributed by atoms with van der Waals surface area (Å²) in [5.41, 5.74) is -0.354. The summed E-state index contributed by atoms with van der Waals surface area (Å²) in [7, 11) is -1.71. The zero-order chi connectivity index (χ0) is 18.5. The summed E-state index contributed by atoms with van der Waals surface area (Å²) in [5.74, 6) is 0. The quantitative estimate of drug-likeness (QED) is 0.315. The third-order valence-electron chi connectivity index (χ3n) is 5.36. The highest BCUT2D eigenvalue weighted by atomic mass is 28.4. The van der Waals surface area contributed by atoms with Crippen molar-refractivity contribution < 1.29 is 18.6 Å². The van der Waals surface area contributed by atoms with Crippen LogP contribution in [0, 0.1) is 0 Å². The molecule has 0 aliphatic carbocycles. The largest absolute Gasteiger partial charge is 0.405 e. The maximum absolute atomic E-state index is 6.80. The highest BCUT2D eigenvalue weighted by Crippen LogP contribution is 2.36. The van der Waals surface area contributed by atoms with Crippen molar-refractivity contribution in [2.45, 2.75) is 96.3 Å². The molecule has 0 aromatic heterocycles. The lowest BCUT2D eigenvalue weighted by molar-refractivity contribution is -0.154. The van der Waals surface area contributed by atoms with Gasteiger partial charge < -0.3 is 18.6 Å². The predicted molar refractivity (Wildman–Crippen MR) is 104 cm³/mol. The van der Waals surface area contributed by atoms with Gasteiger partial charge in [0.25, 0.3) is 0 Å². The van der Waals surface area contributed by atoms with Gasteiger partial charge in [-0.15, -0.1) is 0 Å². The third-order valence-corrected chi connectivity index (χ3v) is 10.1. The normalized spacial score (nSPS) is 29.3. The first-order valence-electron chi connectivity index (χ1n) is 9.85. The van der Waals surface area contributed by atoms with Crippen molar-refractivity contribution in [1.82, 2.24) is 0 Å². The molecule has 2 aliphatic heterocycles. The first-order valence-corrected chi connectivity index (χ1v) is 12.4. The molecule has 144 valence electrons. The average Bonchev–Trinajstić information content (AvgIpc) is 3.44. The minimum Gasteiger partial charge on any atom is -0.405 e. The Morgan fingerprint density at radius 3 is 2.40 bits per heavy atom. The second-order valence-corrected chi connectivity index (χ2v) is 12.3. The molecule has 0 spiro atoms. The van der Waals surface area contributed by atoms with E-state index in [1.807, 2.05) is 19.9 Å². The second kappa shape index (κ2) is 8.96. The smallest absolute Gasteiger partial charge is 0.193 e. The van der Waals surface area contributed by atoms with Crippen LogP contribution < -0.4 is 0 Å². The van der Waals surface area contributed by atoms with E-state index in [2.05, 4.69) is 45.9 Å². The Hall–Kier alpha value is -0.463. The molecule has 0 unspecified atom stereocenters. The minimum absolute atomic E-state index is 0.0244. The average molecular weight is 369 g/mol. The summed E-state index contributed by atoms with van der Waals surface area (Å²) < 4.78 is 24.2. The van der Waals surface area contributed by atoms with Crippen LogP contribution in [0.25, 0.3) is 0 Å². The molecule has 1 saturated heterocycles. The first kappa shape index (κ1) is 20.8. The van der Waals surface area contributed by atoms with Crippen LogP contribution in [0.5, 0.6) is 0 Å². The van der Waals surface area contributed by atoms with Crippen LogP contribution in [0.2, 0.25) is 18.1 Å². The van der Waals surface area contributed by atoms with Gasteiger partial charge in [-0.25, -0.2) is 0 Å². The molecule has 0 saturated carbocycles. The Labute approximate surface area is 154 Å². The Balaban J connectivity index is 2.05. The zero-order valence-electron chi connectivity index (χ0n) is 16.8. The van der Waals surface area contributed by atoms with Gasteiger partial charge in [-0.3, -0.25) is 0 Å². The molecule has 0 N–H and O–H groups in total. The van der Waals surface area contributed by atoms with Crippen LogP contribution in [0.15, 0.2) is 24.3 Å². The fourth-order valence-corrected chi connectivity index (χ4v) is 6.45. The van der Waals surface area contributed by atoms with E-state index in [1.54, 1.807) is 0 Å². The number of epoxide rings is 1. The van der Waals surface area contributed by atoms with Gasteiger partial charge in [0.1, 0.15) is 11.7 Å². The van der Waals surface area contributed by atoms with Crippen molar-refractivity contribution in [2.24, 2.45) is 0 Å². The third kappa shape index (κ3) is 5.76. The molecular formula is C20H36O4Si. The summed E-state index contributed by atoms with van der Waals surface area (Å²) in [6, 6.07) is 3.43. The minimum atomic E-state index is -1.71. The number of hydrogen-bond donors (Lipinski definition) is 0. The Morgan fingerprint density at radius 1 is 1.24 bits per heavy atom. The molecule has 2 aliphatic rings. The fourth-order valence-electron chi connectivity index (χ4n) is 3.38. The molecule has 25 heavy (non-hydrogen) atoms. The van der Waals surface area contributed by atoms with E-state index >= 15 is 0 Å². The molecule has 0 aromatic carbocycles. The van der Waals surface area contributed by atoms with E-state index < -0.39 is 8.32 Å². The summed E-state index contributed by atoms with van der Waals surface area (Å²) >= 11 is 0. The Kier molecular flexibility index (Phi) is 7.47. The molecule has 4 nitrogen and oxygen atoms in total. The van der Waals surface area contributed by atoms with Gasteiger partial charge in [0, 0.05) is 0 Å². The van der Waals surface area contributed by atoms with Crippen LogP contribution in [0.1, 0.15) is 48.0 Å². The number of rotatable bonds is 10. The Morgan fingerprint density at radius 2 is 1.88 bits per heavy atom. The van der Waals surface area contributed by atoms with E-state index in [4.69, 9.17) is 18.6 Å². The summed E-state index contributed by atoms with van der Waals surface area (Å²) in [6.07, 6.45) is 9.41. The molecule has 0 bridgehead atoms. The van der Waals surface area contributed by atoms with E-state index in [0.717, 1.165) is 31.2 Å². The van der Waals surface area contributed by atoms with E-state index in [9.17, 15) is 0 Å². The standard InChI is InChI=1S/C20H36O4Si/c1-7-25(8-2,9-3)24-20(6,18-15-21-18)14-13-17-11-10-12-19(23-17)22-16(4)5/h10,12-14,16-19H,7-9,11,15H2,1-6H3/b14-13+/t17-,18-,19-,20-/m1/s1. The van der Waals surface area contributed by atoms with Gasteiger partial charge in [0.05, 0.1) is 18.8 Å². The van der Waals surface area contributed by atoms with E-state index in [-0.39, 0.29) is 30.2 Å². The second-order valence-electron chi connectivity index (χ2n) is 7.60. The van der Waals surface area contributed by atoms with Gasteiger partial charge in [0.2, 0.25) is 0 Å². The van der Waals surface area contributed by atoms with Crippen molar-refractivity contribution in [3.05, 3.63) is 24.3 Å². The molecule has 0 aromatic rings. The summed E-state index contributed by atoms with van der Waals surface area (Å²) in [4.78, 5) is 0. The van der Waals surface area contributed by atoms with Crippen LogP contribution >= 0.6 is 0 Å². The van der Waals surface area contributed by atoms with E-state index in [1.165, 1.54) is 0 Å². The maximum Gasteiger partial charge on any atom is 0.193 e. The monoisotopic (exact) mass is 368 g/mol. The highest BCUT2D eigenvalue weighted by molar-refractivity contribution is 6.73. The lowest BCUT2D eigenvalue weighted by Gasteiger charge is -2.38. The molecule has 4 atom stereocenters. The molecule has 5 heteroatoms. The van der Waals surface area contributed by atoms with Crippen molar-refractivity contribution in [3.63, 3.8) is 0 Å². The molecule has 0 amide bonds. The van der Waals surface area contributed by atoms with Crippen LogP contribution in [0.3, 0.4) is 0 Å². The van der Waals surface area contributed by atoms with Crippen LogP contribution in [-0.4, -0.2) is 45.1 Å². The molecule has 1 fully saturated rings. The van der Waals surface area contributed by atoms with Crippen molar-refractivity contribution in [2.75, 3.05) is 6.61 Å². The number of hydrogen-bond acceptors (Lipinski definition) is 4. The van der Waals surface area contributed by atoms with Crippen molar-refractivity contribution >= 4 is 8.32 Å². The van der Waals surface area contributed by atoms with Crippen molar-refractivity contribution in [1.29, 1.82) is 0 Å². The molecular weight excluding hydrogens is 332 g/mol. The lowest BCUT2D eigenvalue weighted by Crippen LogP contribution is -2.48. The zero-order valence-corrected chi connectivity index (χ0v) is 17.8. The maximum atomic E-state index is 6.80. The SMILES string of the molecule is CC[Si](CC)(CC)O[C@](C)(/C=C/[C@H]1CC=C[C@H](OC(C)C)O1)[C@H]1CO1. The van der Waals surface area contributed by atoms with Gasteiger partial charge in [-0.1, -0.05) is 39.0 Å². The fraction of sp³-hybridized carbons (Fsp3) is 0.800. The van der Waals surface area contributed by atoms with Gasteiger partial charge >= 0.3 is 0 Å². The van der Waals surface area contributed by atoms with Crippen LogP contribution in [-0.2, 0) is 18.6 Å². The summed E-state index contributed by atoms with van der Waals surface area (Å²) in [6.45, 7) is 13.8. The van der Waals surface area contributed by atoms with E-state index in [0.29, 0.717) is 0 Å². The Bertz CT molecular complexity index is 460. The first-order chi connectivity index (χ1) is 11.9. The molecule has 2 rings (SSSR count). The van der Waals surface area contributed by atoms with Gasteiger partial charge in [0.15, 0.2) is 14.6 Å². The lowest BCUT2D eigenvalue weighted by atomic mass is 10.0. The van der Waals surface area contributed by atoms with Crippen LogP contribution in [0.4, 0.5) is 0 Å². The topological polar surface area (TPSA) is 40.2 Å². The van der Waals surface area contributed by atoms with Gasteiger partial charge in [-0.05, 0) is 51.4 Å². The number of ether oxygens (including phenoxy) is 3. The molecule has 2 heterocycles. The summed E-state index contributed by atoms with van der Waals surface area (Å²) in [5, 5.41) is 0. The van der Waals surface area contributed by atoms with Crippen molar-refractivity contribution in [3.8, 4) is 0 Å². The molecule has 0 radical (unpaired) electrons. The predicted octanol–water partition coefficient (Wildman–Crippen LogP) is 4.82. The van der Waals surface area contributed by atoms with Gasteiger partial charge in [-0.2, -0.15) is 0 Å². The highest BCUT2D eigenvalue weighted by Gasteiger charge is 2.47.